The van der Waals surface area contributed by atoms with Crippen LogP contribution >= 0.6 is 0 Å². The van der Waals surface area contributed by atoms with Crippen molar-refractivity contribution >= 4 is 17.7 Å². The molecule has 0 fully saturated rings. The summed E-state index contributed by atoms with van der Waals surface area (Å²) in [6.07, 6.45) is -1.52. The first-order chi connectivity index (χ1) is 13.5. The number of pyridine rings is 1. The second kappa shape index (κ2) is 9.02. The topological polar surface area (TPSA) is 68.0 Å². The van der Waals surface area contributed by atoms with E-state index in [-0.39, 0.29) is 23.7 Å². The Bertz CT molecular complexity index is 902. The molecule has 1 unspecified atom stereocenters. The summed E-state index contributed by atoms with van der Waals surface area (Å²) in [5, 5.41) is 2.44. The number of aromatic nitrogens is 1. The smallest absolute Gasteiger partial charge is 0.394 e. The van der Waals surface area contributed by atoms with Crippen LogP contribution in [0, 0.1) is 11.6 Å². The van der Waals surface area contributed by atoms with Gasteiger partial charge >= 0.3 is 6.18 Å². The number of amides is 1. The summed E-state index contributed by atoms with van der Waals surface area (Å²) in [6.45, 7) is 3.41. The van der Waals surface area contributed by atoms with Gasteiger partial charge in [0.25, 0.3) is 0 Å². The number of hydrogen-bond donors (Lipinski definition) is 2. The second-order valence-corrected chi connectivity index (χ2v) is 6.50. The van der Waals surface area contributed by atoms with Crippen molar-refractivity contribution in [2.24, 2.45) is 0 Å². The summed E-state index contributed by atoms with van der Waals surface area (Å²) in [5.74, 6) is -2.70. The van der Waals surface area contributed by atoms with Crippen molar-refractivity contribution in [3.63, 3.8) is 0 Å². The fourth-order valence-electron chi connectivity index (χ4n) is 2.52. The van der Waals surface area contributed by atoms with Gasteiger partial charge in [-0.15, -0.1) is 0 Å². The summed E-state index contributed by atoms with van der Waals surface area (Å²) < 4.78 is 65.6. The molecule has 156 valence electrons. The molecule has 4 nitrogen and oxygen atoms in total. The number of carbonyl (C=O) groups excluding carboxylic acids is 1. The summed E-state index contributed by atoms with van der Waals surface area (Å²) >= 11 is 0. The molecule has 0 saturated heterocycles. The van der Waals surface area contributed by atoms with E-state index in [2.05, 4.69) is 10.3 Å². The Morgan fingerprint density at radius 1 is 1.24 bits per heavy atom. The van der Waals surface area contributed by atoms with Gasteiger partial charge in [0.05, 0.1) is 5.69 Å². The standard InChI is InChI=1S/C20H20F5N3O/c1-3-11(2)19-13(4-6-16(28-19)20(23,24)25)5-7-17(29)27-10-12-8-14(21)18(26)15(22)9-12/h4-9,11H,3,10,26H2,1-2H3,(H,27,29)/b7-5+. The van der Waals surface area contributed by atoms with Crippen LogP contribution < -0.4 is 11.1 Å². The van der Waals surface area contributed by atoms with E-state index in [9.17, 15) is 26.7 Å². The Labute approximate surface area is 164 Å². The third-order valence-corrected chi connectivity index (χ3v) is 4.35. The Morgan fingerprint density at radius 2 is 1.86 bits per heavy atom. The minimum atomic E-state index is -4.56. The summed E-state index contributed by atoms with van der Waals surface area (Å²) in [7, 11) is 0. The number of carbonyl (C=O) groups is 1. The van der Waals surface area contributed by atoms with Gasteiger partial charge in [-0.2, -0.15) is 13.2 Å². The fraction of sp³-hybridized carbons (Fsp3) is 0.300. The van der Waals surface area contributed by atoms with Crippen molar-refractivity contribution in [2.75, 3.05) is 5.73 Å². The van der Waals surface area contributed by atoms with Crippen molar-refractivity contribution in [1.82, 2.24) is 10.3 Å². The van der Waals surface area contributed by atoms with Gasteiger partial charge in [0, 0.05) is 12.6 Å². The number of anilines is 1. The Hall–Kier alpha value is -2.97. The molecule has 29 heavy (non-hydrogen) atoms. The molecule has 2 rings (SSSR count). The molecule has 2 aromatic rings. The van der Waals surface area contributed by atoms with Crippen molar-refractivity contribution in [3.8, 4) is 0 Å². The number of nitrogens with two attached hydrogens (primary N) is 1. The maximum absolute atomic E-state index is 13.4. The lowest BCUT2D eigenvalue weighted by atomic mass is 9.98. The molecule has 0 bridgehead atoms. The minimum Gasteiger partial charge on any atom is -0.394 e. The van der Waals surface area contributed by atoms with Crippen LogP contribution in [0.1, 0.15) is 48.7 Å². The number of rotatable bonds is 6. The zero-order valence-corrected chi connectivity index (χ0v) is 15.8. The number of alkyl halides is 3. The van der Waals surface area contributed by atoms with Crippen LogP contribution in [0.2, 0.25) is 0 Å². The molecule has 1 heterocycles. The second-order valence-electron chi connectivity index (χ2n) is 6.50. The molecule has 0 aliphatic heterocycles. The average molecular weight is 413 g/mol. The van der Waals surface area contributed by atoms with Crippen molar-refractivity contribution < 1.29 is 26.7 Å². The molecule has 1 atom stereocenters. The first-order valence-corrected chi connectivity index (χ1v) is 8.80. The normalized spacial score (nSPS) is 12.9. The Morgan fingerprint density at radius 3 is 2.41 bits per heavy atom. The number of nitrogen functional groups attached to an aromatic ring is 1. The van der Waals surface area contributed by atoms with Gasteiger partial charge in [0.1, 0.15) is 23.0 Å². The Kier molecular flexibility index (Phi) is 6.94. The van der Waals surface area contributed by atoms with E-state index >= 15 is 0 Å². The summed E-state index contributed by atoms with van der Waals surface area (Å²) in [6, 6.07) is 4.11. The lowest BCUT2D eigenvalue weighted by Crippen LogP contribution is -2.20. The van der Waals surface area contributed by atoms with Crippen LogP contribution in [0.3, 0.4) is 0 Å². The number of nitrogens with zero attached hydrogens (tertiary/aromatic N) is 1. The van der Waals surface area contributed by atoms with Gasteiger partial charge < -0.3 is 11.1 Å². The first-order valence-electron chi connectivity index (χ1n) is 8.80. The van der Waals surface area contributed by atoms with Gasteiger partial charge in [-0.05, 0) is 47.7 Å². The van der Waals surface area contributed by atoms with Crippen molar-refractivity contribution in [3.05, 3.63) is 64.5 Å². The van der Waals surface area contributed by atoms with Gasteiger partial charge in [-0.1, -0.05) is 19.9 Å². The highest BCUT2D eigenvalue weighted by molar-refractivity contribution is 5.91. The molecular weight excluding hydrogens is 393 g/mol. The molecular formula is C20H20F5N3O. The summed E-state index contributed by atoms with van der Waals surface area (Å²) in [4.78, 5) is 15.7. The zero-order chi connectivity index (χ0) is 21.8. The fourth-order valence-corrected chi connectivity index (χ4v) is 2.52. The largest absolute Gasteiger partial charge is 0.433 e. The maximum Gasteiger partial charge on any atom is 0.433 e. The highest BCUT2D eigenvalue weighted by atomic mass is 19.4. The van der Waals surface area contributed by atoms with Crippen molar-refractivity contribution in [1.29, 1.82) is 0 Å². The van der Waals surface area contributed by atoms with Gasteiger partial charge in [-0.25, -0.2) is 13.8 Å². The Balaban J connectivity index is 2.15. The van der Waals surface area contributed by atoms with E-state index in [4.69, 9.17) is 5.73 Å². The van der Waals surface area contributed by atoms with E-state index in [0.29, 0.717) is 12.0 Å². The molecule has 9 heteroatoms. The van der Waals surface area contributed by atoms with Gasteiger partial charge in [0.15, 0.2) is 0 Å². The average Bonchev–Trinajstić information content (AvgIpc) is 2.67. The highest BCUT2D eigenvalue weighted by Gasteiger charge is 2.33. The van der Waals surface area contributed by atoms with Crippen LogP contribution in [0.15, 0.2) is 30.3 Å². The lowest BCUT2D eigenvalue weighted by Gasteiger charge is -2.15. The lowest BCUT2D eigenvalue weighted by molar-refractivity contribution is -0.141. The molecule has 1 aromatic carbocycles. The van der Waals surface area contributed by atoms with Crippen LogP contribution in [-0.4, -0.2) is 10.9 Å². The van der Waals surface area contributed by atoms with Crippen LogP contribution in [0.4, 0.5) is 27.6 Å². The number of halogens is 5. The molecule has 1 amide bonds. The van der Waals surface area contributed by atoms with E-state index in [0.717, 1.165) is 24.3 Å². The monoisotopic (exact) mass is 413 g/mol. The number of benzene rings is 1. The van der Waals surface area contributed by atoms with Crippen LogP contribution in [0.5, 0.6) is 0 Å². The molecule has 0 spiro atoms. The molecule has 0 aliphatic rings. The predicted octanol–water partition coefficient (Wildman–Crippen LogP) is 4.80. The quantitative estimate of drug-likeness (QED) is 0.406. The van der Waals surface area contributed by atoms with Gasteiger partial charge in [0.2, 0.25) is 5.91 Å². The van der Waals surface area contributed by atoms with Crippen LogP contribution in [0.25, 0.3) is 6.08 Å². The third-order valence-electron chi connectivity index (χ3n) is 4.35. The molecule has 1 aromatic heterocycles. The van der Waals surface area contributed by atoms with Crippen molar-refractivity contribution in [2.45, 2.75) is 38.9 Å². The third kappa shape index (κ3) is 5.75. The molecule has 0 radical (unpaired) electrons. The van der Waals surface area contributed by atoms with E-state index < -0.39 is 35.1 Å². The highest BCUT2D eigenvalue weighted by Crippen LogP contribution is 2.31. The van der Waals surface area contributed by atoms with E-state index in [1.54, 1.807) is 6.92 Å². The number of nitrogens with one attached hydrogen (secondary N) is 1. The predicted molar refractivity (Wildman–Crippen MR) is 99.6 cm³/mol. The van der Waals surface area contributed by atoms with E-state index in [1.807, 2.05) is 6.92 Å². The molecule has 0 saturated carbocycles. The molecule has 3 N–H and O–H groups in total. The zero-order valence-electron chi connectivity index (χ0n) is 15.8. The maximum atomic E-state index is 13.4. The molecule has 0 aliphatic carbocycles. The summed E-state index contributed by atoms with van der Waals surface area (Å²) in [5.41, 5.74) is 4.36. The van der Waals surface area contributed by atoms with Crippen LogP contribution in [-0.2, 0) is 17.5 Å². The first kappa shape index (κ1) is 22.3. The minimum absolute atomic E-state index is 0.152. The number of hydrogen-bond acceptors (Lipinski definition) is 3. The van der Waals surface area contributed by atoms with E-state index in [1.165, 1.54) is 12.1 Å². The van der Waals surface area contributed by atoms with Gasteiger partial charge in [-0.3, -0.25) is 4.79 Å². The SMILES string of the molecule is CCC(C)c1nc(C(F)(F)F)ccc1/C=C/C(=O)NCc1cc(F)c(N)c(F)c1.